The van der Waals surface area contributed by atoms with E-state index in [4.69, 9.17) is 0 Å². The Morgan fingerprint density at radius 2 is 1.80 bits per heavy atom. The second-order valence-corrected chi connectivity index (χ2v) is 6.62. The van der Waals surface area contributed by atoms with Crippen molar-refractivity contribution in [3.8, 4) is 0 Å². The predicted octanol–water partition coefficient (Wildman–Crippen LogP) is 1.56. The Morgan fingerprint density at radius 3 is 2.20 bits per heavy atom. The van der Waals surface area contributed by atoms with Crippen LogP contribution in [0.4, 0.5) is 0 Å². The van der Waals surface area contributed by atoms with Crippen molar-refractivity contribution >= 4 is 9.17 Å². The zero-order valence-electron chi connectivity index (χ0n) is 5.83. The fraction of sp³-hybridized carbons (Fsp3) is 0.143. The maximum absolute atomic E-state index is 10.9. The fourth-order valence-corrected chi connectivity index (χ4v) is 2.34. The summed E-state index contributed by atoms with van der Waals surface area (Å²) in [6.45, 7) is 2.03. The van der Waals surface area contributed by atoms with E-state index in [-0.39, 0.29) is 0 Å². The molecule has 0 bridgehead atoms. The van der Waals surface area contributed by atoms with Gasteiger partial charge in [-0.3, -0.25) is 0 Å². The molecule has 3 heteroatoms. The number of benzene rings is 1. The summed E-state index contributed by atoms with van der Waals surface area (Å²) in [7, 11) is -0.712. The molecule has 1 aromatic carbocycles. The minimum atomic E-state index is -0.712. The van der Waals surface area contributed by atoms with E-state index >= 15 is 0 Å². The molecule has 0 N–H and O–H groups in total. The summed E-state index contributed by atoms with van der Waals surface area (Å²) < 4.78 is 10.9. The average Bonchev–Trinajstić information content (AvgIpc) is 1.88. The van der Waals surface area contributed by atoms with Crippen LogP contribution in [0.5, 0.6) is 0 Å². The normalized spacial score (nSPS) is 13.2. The third kappa shape index (κ3) is 2.08. The van der Waals surface area contributed by atoms with Crippen LogP contribution in [0.2, 0.25) is 0 Å². The predicted molar refractivity (Wildman–Crippen MR) is 37.6 cm³/mol. The molecular formula is C7H7OSZn. The van der Waals surface area contributed by atoms with Crippen molar-refractivity contribution in [3.63, 3.8) is 0 Å². The number of aryl methyl sites for hydroxylation is 1. The van der Waals surface area contributed by atoms with Crippen molar-refractivity contribution in [1.29, 1.82) is 0 Å². The van der Waals surface area contributed by atoms with E-state index in [2.05, 4.69) is 0 Å². The van der Waals surface area contributed by atoms with Crippen molar-refractivity contribution in [3.05, 3.63) is 29.8 Å². The molecule has 1 unspecified atom stereocenters. The molecule has 1 aromatic rings. The van der Waals surface area contributed by atoms with Gasteiger partial charge in [0, 0.05) is 0 Å². The molecule has 0 aliphatic heterocycles. The molecule has 49 valence electrons. The average molecular weight is 205 g/mol. The third-order valence-corrected chi connectivity index (χ3v) is 4.18. The van der Waals surface area contributed by atoms with E-state index in [1.807, 2.05) is 31.2 Å². The Balaban J connectivity index is 2.89. The van der Waals surface area contributed by atoms with Crippen LogP contribution >= 0.6 is 0 Å². The van der Waals surface area contributed by atoms with Gasteiger partial charge in [-0.1, -0.05) is 0 Å². The summed E-state index contributed by atoms with van der Waals surface area (Å²) in [5.41, 5.74) is 1.22. The first-order valence-electron chi connectivity index (χ1n) is 2.98. The summed E-state index contributed by atoms with van der Waals surface area (Å²) in [4.78, 5) is 0.950. The molecule has 0 aromatic heterocycles. The van der Waals surface area contributed by atoms with E-state index in [0.29, 0.717) is 0 Å². The molecule has 1 nitrogen and oxygen atoms in total. The first-order chi connectivity index (χ1) is 4.70. The first kappa shape index (κ1) is 8.25. The van der Waals surface area contributed by atoms with Gasteiger partial charge >= 0.3 is 72.5 Å². The molecule has 0 amide bonds. The third-order valence-electron chi connectivity index (χ3n) is 1.28. The van der Waals surface area contributed by atoms with Crippen LogP contribution < -0.4 is 0 Å². The molecule has 0 fully saturated rings. The van der Waals surface area contributed by atoms with Gasteiger partial charge in [0.1, 0.15) is 0 Å². The SMILES string of the molecule is Cc1ccc([S+]([O-])[Zn])cc1. The number of hydrogen-bond donors (Lipinski definition) is 0. The summed E-state index contributed by atoms with van der Waals surface area (Å²) in [6.07, 6.45) is 0. The Kier molecular flexibility index (Phi) is 2.90. The van der Waals surface area contributed by atoms with E-state index in [9.17, 15) is 4.55 Å². The van der Waals surface area contributed by atoms with Crippen LogP contribution in [-0.2, 0) is 26.3 Å². The standard InChI is InChI=1S/C7H8OS.Zn/c1-6-2-4-7(9-8)5-3-6;/h2-5,8H,1H3;/q;+1/p-1. The molecule has 0 aliphatic carbocycles. The van der Waals surface area contributed by atoms with Crippen molar-refractivity contribution in [1.82, 2.24) is 0 Å². The molecule has 0 aliphatic rings. The molecule has 0 saturated carbocycles. The summed E-state index contributed by atoms with van der Waals surface area (Å²) in [6, 6.07) is 7.83. The molecule has 0 spiro atoms. The number of rotatable bonds is 1. The van der Waals surface area contributed by atoms with E-state index in [1.54, 1.807) is 0 Å². The number of hydrogen-bond acceptors (Lipinski definition) is 1. The topological polar surface area (TPSA) is 23.1 Å². The van der Waals surface area contributed by atoms with Gasteiger partial charge in [-0.2, -0.15) is 0 Å². The van der Waals surface area contributed by atoms with Crippen LogP contribution in [-0.4, -0.2) is 4.55 Å². The Morgan fingerprint density at radius 1 is 1.30 bits per heavy atom. The van der Waals surface area contributed by atoms with Gasteiger partial charge in [-0.05, 0) is 0 Å². The van der Waals surface area contributed by atoms with E-state index in [1.165, 1.54) is 5.56 Å². The van der Waals surface area contributed by atoms with Gasteiger partial charge in [0.25, 0.3) is 0 Å². The molecule has 1 rings (SSSR count). The molecule has 0 radical (unpaired) electrons. The Bertz CT molecular complexity index is 207. The second-order valence-electron chi connectivity index (χ2n) is 2.16. The van der Waals surface area contributed by atoms with Crippen LogP contribution in [0.1, 0.15) is 5.56 Å². The quantitative estimate of drug-likeness (QED) is 0.503. The minimum absolute atomic E-state index is 0.712. The Labute approximate surface area is 72.5 Å². The molecule has 1 atom stereocenters. The monoisotopic (exact) mass is 203 g/mol. The molecule has 10 heavy (non-hydrogen) atoms. The van der Waals surface area contributed by atoms with Gasteiger partial charge in [0.2, 0.25) is 0 Å². The van der Waals surface area contributed by atoms with Gasteiger partial charge in [0.15, 0.2) is 0 Å². The van der Waals surface area contributed by atoms with Gasteiger partial charge in [-0.25, -0.2) is 0 Å². The summed E-state index contributed by atoms with van der Waals surface area (Å²) in [5, 5.41) is 0. The van der Waals surface area contributed by atoms with Gasteiger partial charge < -0.3 is 0 Å². The van der Waals surface area contributed by atoms with Crippen molar-refractivity contribution < 1.29 is 21.6 Å². The zero-order chi connectivity index (χ0) is 7.56. The van der Waals surface area contributed by atoms with Gasteiger partial charge in [0.05, 0.1) is 0 Å². The molecular weight excluding hydrogens is 198 g/mol. The van der Waals surface area contributed by atoms with Crippen molar-refractivity contribution in [2.75, 3.05) is 0 Å². The van der Waals surface area contributed by atoms with Crippen LogP contribution in [0.25, 0.3) is 0 Å². The maximum atomic E-state index is 10.9. The van der Waals surface area contributed by atoms with Gasteiger partial charge in [-0.15, -0.1) is 0 Å². The fourth-order valence-electron chi connectivity index (χ4n) is 0.690. The molecule has 0 saturated heterocycles. The van der Waals surface area contributed by atoms with Crippen molar-refractivity contribution in [2.24, 2.45) is 0 Å². The van der Waals surface area contributed by atoms with E-state index in [0.717, 1.165) is 22.0 Å². The van der Waals surface area contributed by atoms with Crippen LogP contribution in [0.3, 0.4) is 0 Å². The van der Waals surface area contributed by atoms with Crippen LogP contribution in [0, 0.1) is 6.92 Å². The van der Waals surface area contributed by atoms with E-state index < -0.39 is 9.17 Å². The van der Waals surface area contributed by atoms with Crippen LogP contribution in [0.15, 0.2) is 29.2 Å². The zero-order valence-corrected chi connectivity index (χ0v) is 9.62. The Hall–Kier alpha value is 0.153. The second kappa shape index (κ2) is 3.52. The summed E-state index contributed by atoms with van der Waals surface area (Å²) >= 11 is 0.822. The summed E-state index contributed by atoms with van der Waals surface area (Å²) in [5.74, 6) is 0. The molecule has 0 heterocycles. The van der Waals surface area contributed by atoms with Crippen molar-refractivity contribution in [2.45, 2.75) is 11.8 Å². The first-order valence-corrected chi connectivity index (χ1v) is 7.93.